The van der Waals surface area contributed by atoms with Crippen molar-refractivity contribution in [2.75, 3.05) is 40.5 Å². The molecule has 5 nitrogen and oxygen atoms in total. The standard InChI is InChI=1S/C16H27N3O2/c1-13(2)14-7-5-6-8-15(14)21-12-10-19-16(17-3)18-9-11-20-4/h5-8,13H,9-12H2,1-4H3,(H2,17,18,19). The predicted octanol–water partition coefficient (Wildman–Crippen LogP) is 2.00. The summed E-state index contributed by atoms with van der Waals surface area (Å²) in [4.78, 5) is 4.13. The second kappa shape index (κ2) is 10.0. The number of benzene rings is 1. The molecule has 0 saturated carbocycles. The van der Waals surface area contributed by atoms with Gasteiger partial charge < -0.3 is 20.1 Å². The minimum absolute atomic E-state index is 0.456. The number of guanidine groups is 1. The Hall–Kier alpha value is -1.75. The van der Waals surface area contributed by atoms with Gasteiger partial charge in [-0.1, -0.05) is 32.0 Å². The normalized spacial score (nSPS) is 11.6. The minimum Gasteiger partial charge on any atom is -0.491 e. The summed E-state index contributed by atoms with van der Waals surface area (Å²) in [6.07, 6.45) is 0. The van der Waals surface area contributed by atoms with Crippen molar-refractivity contribution in [2.45, 2.75) is 19.8 Å². The molecule has 21 heavy (non-hydrogen) atoms. The van der Waals surface area contributed by atoms with Crippen LogP contribution in [-0.2, 0) is 4.74 Å². The number of hydrogen-bond acceptors (Lipinski definition) is 3. The average Bonchev–Trinajstić information content (AvgIpc) is 2.50. The summed E-state index contributed by atoms with van der Waals surface area (Å²) >= 11 is 0. The fourth-order valence-electron chi connectivity index (χ4n) is 1.91. The van der Waals surface area contributed by atoms with Crippen molar-refractivity contribution in [3.63, 3.8) is 0 Å². The van der Waals surface area contributed by atoms with Crippen molar-refractivity contribution < 1.29 is 9.47 Å². The molecule has 0 aromatic heterocycles. The summed E-state index contributed by atoms with van der Waals surface area (Å²) in [5.74, 6) is 2.17. The van der Waals surface area contributed by atoms with Crippen LogP contribution < -0.4 is 15.4 Å². The third-order valence-corrected chi connectivity index (χ3v) is 3.02. The fourth-order valence-corrected chi connectivity index (χ4v) is 1.91. The summed E-state index contributed by atoms with van der Waals surface area (Å²) in [6.45, 7) is 7.00. The number of nitrogens with zero attached hydrogens (tertiary/aromatic N) is 1. The molecule has 1 aromatic rings. The number of aliphatic imine (C=N–C) groups is 1. The molecule has 0 aliphatic rings. The highest BCUT2D eigenvalue weighted by atomic mass is 16.5. The van der Waals surface area contributed by atoms with Gasteiger partial charge in [-0.2, -0.15) is 0 Å². The van der Waals surface area contributed by atoms with Crippen LogP contribution in [0.3, 0.4) is 0 Å². The molecule has 0 radical (unpaired) electrons. The third kappa shape index (κ3) is 6.49. The molecule has 0 heterocycles. The molecular formula is C16H27N3O2. The van der Waals surface area contributed by atoms with Gasteiger partial charge in [0, 0.05) is 20.7 Å². The molecule has 0 atom stereocenters. The largest absolute Gasteiger partial charge is 0.491 e. The van der Waals surface area contributed by atoms with Crippen LogP contribution in [0.1, 0.15) is 25.3 Å². The quantitative estimate of drug-likeness (QED) is 0.437. The van der Waals surface area contributed by atoms with E-state index < -0.39 is 0 Å². The molecule has 0 fully saturated rings. The Morgan fingerprint density at radius 1 is 1.14 bits per heavy atom. The Morgan fingerprint density at radius 2 is 1.81 bits per heavy atom. The highest BCUT2D eigenvalue weighted by molar-refractivity contribution is 5.79. The van der Waals surface area contributed by atoms with Crippen molar-refractivity contribution >= 4 is 5.96 Å². The van der Waals surface area contributed by atoms with E-state index in [1.807, 2.05) is 18.2 Å². The number of hydrogen-bond donors (Lipinski definition) is 2. The van der Waals surface area contributed by atoms with Gasteiger partial charge in [-0.05, 0) is 17.5 Å². The Kier molecular flexibility index (Phi) is 8.28. The van der Waals surface area contributed by atoms with Crippen molar-refractivity contribution in [1.82, 2.24) is 10.6 Å². The van der Waals surface area contributed by atoms with E-state index in [0.717, 1.165) is 18.3 Å². The first-order chi connectivity index (χ1) is 10.2. The van der Waals surface area contributed by atoms with Gasteiger partial charge in [-0.15, -0.1) is 0 Å². The second-order valence-electron chi connectivity index (χ2n) is 4.96. The van der Waals surface area contributed by atoms with Gasteiger partial charge in [0.15, 0.2) is 5.96 Å². The Labute approximate surface area is 127 Å². The molecule has 118 valence electrons. The van der Waals surface area contributed by atoms with Crippen LogP contribution in [0.2, 0.25) is 0 Å². The molecule has 1 rings (SSSR count). The van der Waals surface area contributed by atoms with Gasteiger partial charge >= 0.3 is 0 Å². The maximum atomic E-state index is 5.85. The molecule has 0 saturated heterocycles. The minimum atomic E-state index is 0.456. The van der Waals surface area contributed by atoms with Crippen LogP contribution in [0, 0.1) is 0 Å². The Balaban J connectivity index is 2.33. The number of ether oxygens (including phenoxy) is 2. The Morgan fingerprint density at radius 3 is 2.43 bits per heavy atom. The molecule has 5 heteroatoms. The van der Waals surface area contributed by atoms with E-state index in [4.69, 9.17) is 9.47 Å². The van der Waals surface area contributed by atoms with Gasteiger partial charge in [0.05, 0.1) is 13.2 Å². The van der Waals surface area contributed by atoms with E-state index in [9.17, 15) is 0 Å². The average molecular weight is 293 g/mol. The van der Waals surface area contributed by atoms with E-state index in [1.54, 1.807) is 14.2 Å². The maximum absolute atomic E-state index is 5.85. The molecule has 2 N–H and O–H groups in total. The first-order valence-electron chi connectivity index (χ1n) is 7.34. The molecule has 0 amide bonds. The van der Waals surface area contributed by atoms with Crippen molar-refractivity contribution in [1.29, 1.82) is 0 Å². The van der Waals surface area contributed by atoms with Crippen molar-refractivity contribution in [2.24, 2.45) is 4.99 Å². The van der Waals surface area contributed by atoms with E-state index in [2.05, 4.69) is 35.5 Å². The van der Waals surface area contributed by atoms with E-state index in [-0.39, 0.29) is 0 Å². The third-order valence-electron chi connectivity index (χ3n) is 3.02. The van der Waals surface area contributed by atoms with Crippen LogP contribution in [0.5, 0.6) is 5.75 Å². The zero-order valence-corrected chi connectivity index (χ0v) is 13.5. The summed E-state index contributed by atoms with van der Waals surface area (Å²) < 4.78 is 10.8. The van der Waals surface area contributed by atoms with E-state index in [1.165, 1.54) is 5.56 Å². The molecule has 0 unspecified atom stereocenters. The van der Waals surface area contributed by atoms with E-state index in [0.29, 0.717) is 25.7 Å². The lowest BCUT2D eigenvalue weighted by atomic mass is 10.0. The number of para-hydroxylation sites is 1. The molecule has 1 aromatic carbocycles. The number of nitrogens with one attached hydrogen (secondary N) is 2. The topological polar surface area (TPSA) is 54.9 Å². The maximum Gasteiger partial charge on any atom is 0.191 e. The van der Waals surface area contributed by atoms with Gasteiger partial charge in [0.1, 0.15) is 12.4 Å². The van der Waals surface area contributed by atoms with Crippen molar-refractivity contribution in [3.8, 4) is 5.75 Å². The van der Waals surface area contributed by atoms with E-state index >= 15 is 0 Å². The summed E-state index contributed by atoms with van der Waals surface area (Å²) in [5, 5.41) is 6.36. The van der Waals surface area contributed by atoms with Gasteiger partial charge in [0.25, 0.3) is 0 Å². The summed E-state index contributed by atoms with van der Waals surface area (Å²) in [6, 6.07) is 8.17. The van der Waals surface area contributed by atoms with Crippen molar-refractivity contribution in [3.05, 3.63) is 29.8 Å². The highest BCUT2D eigenvalue weighted by Crippen LogP contribution is 2.25. The van der Waals surface area contributed by atoms with Gasteiger partial charge in [-0.25, -0.2) is 0 Å². The summed E-state index contributed by atoms with van der Waals surface area (Å²) in [5.41, 5.74) is 1.24. The van der Waals surface area contributed by atoms with Crippen LogP contribution in [0.4, 0.5) is 0 Å². The van der Waals surface area contributed by atoms with Gasteiger partial charge in [-0.3, -0.25) is 4.99 Å². The predicted molar refractivity (Wildman–Crippen MR) is 87.3 cm³/mol. The van der Waals surface area contributed by atoms with Gasteiger partial charge in [0.2, 0.25) is 0 Å². The Bertz CT molecular complexity index is 433. The number of methoxy groups -OCH3 is 1. The lowest BCUT2D eigenvalue weighted by Gasteiger charge is -2.15. The monoisotopic (exact) mass is 293 g/mol. The fraction of sp³-hybridized carbons (Fsp3) is 0.562. The van der Waals surface area contributed by atoms with Crippen LogP contribution in [0.25, 0.3) is 0 Å². The SMILES string of the molecule is CN=C(NCCOC)NCCOc1ccccc1C(C)C. The first kappa shape index (κ1) is 17.3. The zero-order chi connectivity index (χ0) is 15.5. The zero-order valence-electron chi connectivity index (χ0n) is 13.5. The van der Waals surface area contributed by atoms with Crippen LogP contribution >= 0.6 is 0 Å². The van der Waals surface area contributed by atoms with Crippen LogP contribution in [-0.4, -0.2) is 46.4 Å². The van der Waals surface area contributed by atoms with Crippen LogP contribution in [0.15, 0.2) is 29.3 Å². The molecule has 0 spiro atoms. The number of rotatable bonds is 8. The smallest absolute Gasteiger partial charge is 0.191 e. The molecule has 0 aliphatic carbocycles. The second-order valence-corrected chi connectivity index (χ2v) is 4.96. The highest BCUT2D eigenvalue weighted by Gasteiger charge is 2.06. The molecule has 0 bridgehead atoms. The lowest BCUT2D eigenvalue weighted by Crippen LogP contribution is -2.40. The summed E-state index contributed by atoms with van der Waals surface area (Å²) in [7, 11) is 3.43. The lowest BCUT2D eigenvalue weighted by molar-refractivity contribution is 0.203. The molecule has 0 aliphatic heterocycles. The molecular weight excluding hydrogens is 266 g/mol. The first-order valence-corrected chi connectivity index (χ1v) is 7.34.